The molecule has 2 N–H and O–H groups in total. The molecule has 1 aliphatic rings. The topological polar surface area (TPSA) is 66.5 Å². The number of rotatable bonds is 6. The third-order valence-corrected chi connectivity index (χ3v) is 3.24. The van der Waals surface area contributed by atoms with Crippen molar-refractivity contribution in [2.75, 3.05) is 44.8 Å². The zero-order valence-electron chi connectivity index (χ0n) is 11.9. The first kappa shape index (κ1) is 14.7. The molecule has 1 aromatic rings. The summed E-state index contributed by atoms with van der Waals surface area (Å²) in [5, 5.41) is 5.87. The standard InChI is InChI=1S/C14H22N4O2/c1-15-4-3-14(19)17-11-12-2-5-16-13(10-12)18-6-8-20-9-7-18/h2,5,10,15H,3-4,6-9,11H2,1H3,(H,17,19). The molecule has 1 aromatic heterocycles. The predicted octanol–water partition coefficient (Wildman–Crippen LogP) is 0.144. The number of carbonyl (C=O) groups excluding carboxylic acids is 1. The number of aromatic nitrogens is 1. The summed E-state index contributed by atoms with van der Waals surface area (Å²) in [6.07, 6.45) is 2.29. The SMILES string of the molecule is CNCCC(=O)NCc1ccnc(N2CCOCC2)c1. The van der Waals surface area contributed by atoms with Crippen molar-refractivity contribution in [3.63, 3.8) is 0 Å². The number of hydrogen-bond acceptors (Lipinski definition) is 5. The number of nitrogens with one attached hydrogen (secondary N) is 2. The molecule has 0 aromatic carbocycles. The maximum absolute atomic E-state index is 11.6. The van der Waals surface area contributed by atoms with Crippen LogP contribution in [0.3, 0.4) is 0 Å². The fourth-order valence-corrected chi connectivity index (χ4v) is 2.06. The van der Waals surface area contributed by atoms with E-state index < -0.39 is 0 Å². The molecular weight excluding hydrogens is 256 g/mol. The second-order valence-electron chi connectivity index (χ2n) is 4.75. The van der Waals surface area contributed by atoms with Crippen LogP contribution in [-0.2, 0) is 16.1 Å². The normalized spacial score (nSPS) is 15.2. The van der Waals surface area contributed by atoms with Gasteiger partial charge in [0.15, 0.2) is 0 Å². The smallest absolute Gasteiger partial charge is 0.221 e. The quantitative estimate of drug-likeness (QED) is 0.775. The van der Waals surface area contributed by atoms with Gasteiger partial charge in [-0.1, -0.05) is 0 Å². The van der Waals surface area contributed by atoms with Crippen molar-refractivity contribution in [3.8, 4) is 0 Å². The van der Waals surface area contributed by atoms with Crippen LogP contribution >= 0.6 is 0 Å². The molecule has 1 fully saturated rings. The summed E-state index contributed by atoms with van der Waals surface area (Å²) >= 11 is 0. The average Bonchev–Trinajstić information content (AvgIpc) is 2.52. The van der Waals surface area contributed by atoms with Crippen molar-refractivity contribution in [2.24, 2.45) is 0 Å². The number of hydrogen-bond donors (Lipinski definition) is 2. The molecule has 1 saturated heterocycles. The molecule has 1 aliphatic heterocycles. The van der Waals surface area contributed by atoms with Crippen molar-refractivity contribution < 1.29 is 9.53 Å². The van der Waals surface area contributed by atoms with Crippen LogP contribution in [0.2, 0.25) is 0 Å². The fourth-order valence-electron chi connectivity index (χ4n) is 2.06. The first-order chi connectivity index (χ1) is 9.79. The second-order valence-corrected chi connectivity index (χ2v) is 4.75. The molecule has 2 rings (SSSR count). The minimum Gasteiger partial charge on any atom is -0.378 e. The Morgan fingerprint density at radius 2 is 2.25 bits per heavy atom. The molecule has 0 bridgehead atoms. The van der Waals surface area contributed by atoms with Gasteiger partial charge in [0.05, 0.1) is 13.2 Å². The van der Waals surface area contributed by atoms with Gasteiger partial charge in [-0.05, 0) is 24.7 Å². The first-order valence-electron chi connectivity index (χ1n) is 6.98. The van der Waals surface area contributed by atoms with Gasteiger partial charge in [0.1, 0.15) is 5.82 Å². The molecule has 0 unspecified atom stereocenters. The van der Waals surface area contributed by atoms with E-state index in [1.54, 1.807) is 6.20 Å². The van der Waals surface area contributed by atoms with E-state index in [2.05, 4.69) is 20.5 Å². The Morgan fingerprint density at radius 1 is 1.45 bits per heavy atom. The Labute approximate surface area is 119 Å². The van der Waals surface area contributed by atoms with Gasteiger partial charge >= 0.3 is 0 Å². The number of nitrogens with zero attached hydrogens (tertiary/aromatic N) is 2. The maximum Gasteiger partial charge on any atom is 0.221 e. The molecule has 1 amide bonds. The molecule has 0 radical (unpaired) electrons. The van der Waals surface area contributed by atoms with Gasteiger partial charge in [0, 0.05) is 38.8 Å². The summed E-state index contributed by atoms with van der Waals surface area (Å²) in [6.45, 7) is 4.46. The number of morpholine rings is 1. The van der Waals surface area contributed by atoms with Gasteiger partial charge in [-0.25, -0.2) is 4.98 Å². The number of carbonyl (C=O) groups is 1. The van der Waals surface area contributed by atoms with E-state index in [0.717, 1.165) is 37.7 Å². The van der Waals surface area contributed by atoms with Crippen LogP contribution in [0.5, 0.6) is 0 Å². The largest absolute Gasteiger partial charge is 0.378 e. The van der Waals surface area contributed by atoms with Crippen LogP contribution < -0.4 is 15.5 Å². The minimum atomic E-state index is 0.0593. The van der Waals surface area contributed by atoms with Gasteiger partial charge < -0.3 is 20.3 Å². The van der Waals surface area contributed by atoms with E-state index in [-0.39, 0.29) is 5.91 Å². The zero-order valence-corrected chi connectivity index (χ0v) is 11.9. The highest BCUT2D eigenvalue weighted by atomic mass is 16.5. The molecule has 6 heteroatoms. The van der Waals surface area contributed by atoms with Crippen LogP contribution in [0.1, 0.15) is 12.0 Å². The minimum absolute atomic E-state index is 0.0593. The summed E-state index contributed by atoms with van der Waals surface area (Å²) in [6, 6.07) is 3.96. The number of pyridine rings is 1. The highest BCUT2D eigenvalue weighted by Crippen LogP contribution is 2.14. The van der Waals surface area contributed by atoms with Crippen LogP contribution in [0.15, 0.2) is 18.3 Å². The summed E-state index contributed by atoms with van der Waals surface area (Å²) in [5.74, 6) is 1.01. The first-order valence-corrected chi connectivity index (χ1v) is 6.98. The van der Waals surface area contributed by atoms with Crippen LogP contribution in [-0.4, -0.2) is 50.8 Å². The maximum atomic E-state index is 11.6. The highest BCUT2D eigenvalue weighted by molar-refractivity contribution is 5.76. The molecule has 110 valence electrons. The van der Waals surface area contributed by atoms with Crippen molar-refractivity contribution >= 4 is 11.7 Å². The Bertz CT molecular complexity index is 433. The Morgan fingerprint density at radius 3 is 3.00 bits per heavy atom. The monoisotopic (exact) mass is 278 g/mol. The van der Waals surface area contributed by atoms with Crippen LogP contribution in [0.4, 0.5) is 5.82 Å². The summed E-state index contributed by atoms with van der Waals surface area (Å²) in [4.78, 5) is 18.2. The Kier molecular flexibility index (Phi) is 5.76. The molecule has 0 saturated carbocycles. The van der Waals surface area contributed by atoms with E-state index in [0.29, 0.717) is 19.5 Å². The second kappa shape index (κ2) is 7.81. The van der Waals surface area contributed by atoms with Crippen molar-refractivity contribution in [1.29, 1.82) is 0 Å². The van der Waals surface area contributed by atoms with Gasteiger partial charge in [0.25, 0.3) is 0 Å². The molecule has 0 aliphatic carbocycles. The molecule has 0 atom stereocenters. The Hall–Kier alpha value is -1.66. The molecule has 6 nitrogen and oxygen atoms in total. The number of ether oxygens (including phenoxy) is 1. The lowest BCUT2D eigenvalue weighted by Crippen LogP contribution is -2.36. The van der Waals surface area contributed by atoms with Crippen molar-refractivity contribution in [1.82, 2.24) is 15.6 Å². The summed E-state index contributed by atoms with van der Waals surface area (Å²) < 4.78 is 5.34. The van der Waals surface area contributed by atoms with E-state index in [1.807, 2.05) is 19.2 Å². The predicted molar refractivity (Wildman–Crippen MR) is 77.7 cm³/mol. The number of anilines is 1. The van der Waals surface area contributed by atoms with E-state index in [1.165, 1.54) is 0 Å². The third-order valence-electron chi connectivity index (χ3n) is 3.24. The lowest BCUT2D eigenvalue weighted by atomic mass is 10.2. The van der Waals surface area contributed by atoms with E-state index in [9.17, 15) is 4.79 Å². The fraction of sp³-hybridized carbons (Fsp3) is 0.571. The molecular formula is C14H22N4O2. The van der Waals surface area contributed by atoms with Crippen molar-refractivity contribution in [2.45, 2.75) is 13.0 Å². The van der Waals surface area contributed by atoms with E-state index >= 15 is 0 Å². The Balaban J connectivity index is 1.87. The van der Waals surface area contributed by atoms with Crippen LogP contribution in [0.25, 0.3) is 0 Å². The molecule has 0 spiro atoms. The van der Waals surface area contributed by atoms with E-state index in [4.69, 9.17) is 4.74 Å². The molecule has 2 heterocycles. The van der Waals surface area contributed by atoms with Gasteiger partial charge in [-0.3, -0.25) is 4.79 Å². The lowest BCUT2D eigenvalue weighted by Gasteiger charge is -2.28. The summed E-state index contributed by atoms with van der Waals surface area (Å²) in [7, 11) is 1.84. The third kappa shape index (κ3) is 4.47. The van der Waals surface area contributed by atoms with Crippen LogP contribution in [0, 0.1) is 0 Å². The highest BCUT2D eigenvalue weighted by Gasteiger charge is 2.12. The van der Waals surface area contributed by atoms with Crippen molar-refractivity contribution in [3.05, 3.63) is 23.9 Å². The summed E-state index contributed by atoms with van der Waals surface area (Å²) in [5.41, 5.74) is 1.07. The lowest BCUT2D eigenvalue weighted by molar-refractivity contribution is -0.121. The van der Waals surface area contributed by atoms with Gasteiger partial charge in [0.2, 0.25) is 5.91 Å². The number of amides is 1. The zero-order chi connectivity index (χ0) is 14.2. The van der Waals surface area contributed by atoms with Gasteiger partial charge in [-0.15, -0.1) is 0 Å². The molecule has 20 heavy (non-hydrogen) atoms. The average molecular weight is 278 g/mol. The van der Waals surface area contributed by atoms with Gasteiger partial charge in [-0.2, -0.15) is 0 Å².